The van der Waals surface area contributed by atoms with E-state index >= 15 is 0 Å². The summed E-state index contributed by atoms with van der Waals surface area (Å²) in [7, 11) is 1.32. The summed E-state index contributed by atoms with van der Waals surface area (Å²) in [5, 5.41) is 11.9. The molecule has 2 N–H and O–H groups in total. The van der Waals surface area contributed by atoms with Crippen LogP contribution in [0.1, 0.15) is 35.9 Å². The number of hydrogen-bond donors (Lipinski definition) is 2. The largest absolute Gasteiger partial charge is 0.465 e. The highest BCUT2D eigenvalue weighted by Crippen LogP contribution is 2.15. The molecule has 0 saturated heterocycles. The molecule has 0 amide bonds. The normalized spacial score (nSPS) is 12.0. The van der Waals surface area contributed by atoms with Gasteiger partial charge in [-0.1, -0.05) is 0 Å². The monoisotopic (exact) mass is 253 g/mol. The van der Waals surface area contributed by atoms with Gasteiger partial charge >= 0.3 is 5.97 Å². The number of methoxy groups -OCH3 is 1. The van der Waals surface area contributed by atoms with Crippen LogP contribution in [0.3, 0.4) is 0 Å². The third-order valence-electron chi connectivity index (χ3n) is 2.49. The van der Waals surface area contributed by atoms with Crippen LogP contribution in [0.2, 0.25) is 0 Å². The minimum absolute atomic E-state index is 0.106. The van der Waals surface area contributed by atoms with Gasteiger partial charge in [-0.05, 0) is 26.7 Å². The van der Waals surface area contributed by atoms with E-state index in [-0.39, 0.29) is 12.6 Å². The zero-order valence-corrected chi connectivity index (χ0v) is 10.9. The Bertz CT molecular complexity index is 410. The lowest BCUT2D eigenvalue weighted by atomic mass is 10.2. The highest BCUT2D eigenvalue weighted by Gasteiger charge is 2.15. The summed E-state index contributed by atoms with van der Waals surface area (Å²) in [5.74, 6) is 0.589. The van der Waals surface area contributed by atoms with Crippen molar-refractivity contribution in [2.45, 2.75) is 32.7 Å². The molecule has 0 aliphatic carbocycles. The average molecular weight is 253 g/mol. The second kappa shape index (κ2) is 6.90. The molecule has 1 heterocycles. The number of nitrogens with zero attached hydrogens (tertiary/aromatic N) is 2. The van der Waals surface area contributed by atoms with Crippen LogP contribution in [0.5, 0.6) is 0 Å². The number of hydrogen-bond acceptors (Lipinski definition) is 6. The molecule has 0 aromatic carbocycles. The lowest BCUT2D eigenvalue weighted by Gasteiger charge is -2.16. The third kappa shape index (κ3) is 3.96. The van der Waals surface area contributed by atoms with Gasteiger partial charge in [-0.15, -0.1) is 0 Å². The van der Waals surface area contributed by atoms with Gasteiger partial charge < -0.3 is 15.2 Å². The Kier molecular flexibility index (Phi) is 5.51. The van der Waals surface area contributed by atoms with Gasteiger partial charge in [0, 0.05) is 18.8 Å². The van der Waals surface area contributed by atoms with Gasteiger partial charge in [-0.25, -0.2) is 14.8 Å². The van der Waals surface area contributed by atoms with E-state index in [1.807, 2.05) is 6.92 Å². The van der Waals surface area contributed by atoms with E-state index in [0.717, 1.165) is 6.42 Å². The number of carbonyl (C=O) groups is 1. The van der Waals surface area contributed by atoms with Crippen LogP contribution < -0.4 is 5.32 Å². The fraction of sp³-hybridized carbons (Fsp3) is 0.583. The maximum Gasteiger partial charge on any atom is 0.343 e. The first kappa shape index (κ1) is 14.4. The molecule has 6 heteroatoms. The van der Waals surface area contributed by atoms with Gasteiger partial charge in [-0.3, -0.25) is 0 Å². The Morgan fingerprint density at radius 2 is 2.33 bits per heavy atom. The van der Waals surface area contributed by atoms with Crippen LogP contribution in [-0.4, -0.2) is 40.8 Å². The number of aliphatic hydroxyl groups is 1. The maximum atomic E-state index is 11.6. The van der Waals surface area contributed by atoms with Gasteiger partial charge in [-0.2, -0.15) is 0 Å². The Morgan fingerprint density at radius 1 is 1.61 bits per heavy atom. The van der Waals surface area contributed by atoms with Crippen molar-refractivity contribution in [3.8, 4) is 0 Å². The highest BCUT2D eigenvalue weighted by atomic mass is 16.5. The molecule has 100 valence electrons. The van der Waals surface area contributed by atoms with Gasteiger partial charge in [0.25, 0.3) is 0 Å². The first-order valence-corrected chi connectivity index (χ1v) is 5.87. The van der Waals surface area contributed by atoms with Crippen molar-refractivity contribution in [3.63, 3.8) is 0 Å². The van der Waals surface area contributed by atoms with Crippen LogP contribution in [0.4, 0.5) is 5.82 Å². The number of carbonyl (C=O) groups excluding carboxylic acids is 1. The molecule has 1 atom stereocenters. The zero-order valence-electron chi connectivity index (χ0n) is 10.9. The summed E-state index contributed by atoms with van der Waals surface area (Å²) in [6.45, 7) is 3.87. The average Bonchev–Trinajstić information content (AvgIpc) is 2.35. The van der Waals surface area contributed by atoms with E-state index < -0.39 is 5.97 Å². The molecule has 1 unspecified atom stereocenters. The molecule has 1 aromatic rings. The number of rotatable bonds is 6. The van der Waals surface area contributed by atoms with Crippen LogP contribution >= 0.6 is 0 Å². The molecule has 0 aliphatic heterocycles. The maximum absolute atomic E-state index is 11.6. The summed E-state index contributed by atoms with van der Waals surface area (Å²) in [6, 6.07) is 0.106. The number of esters is 1. The first-order chi connectivity index (χ1) is 8.58. The van der Waals surface area contributed by atoms with Crippen molar-refractivity contribution >= 4 is 11.8 Å². The molecule has 0 aliphatic rings. The highest BCUT2D eigenvalue weighted by molar-refractivity contribution is 5.94. The van der Waals surface area contributed by atoms with Gasteiger partial charge in [0.2, 0.25) is 0 Å². The van der Waals surface area contributed by atoms with Crippen molar-refractivity contribution in [2.24, 2.45) is 0 Å². The van der Waals surface area contributed by atoms with Crippen molar-refractivity contribution in [1.82, 2.24) is 9.97 Å². The molecular weight excluding hydrogens is 234 g/mol. The lowest BCUT2D eigenvalue weighted by molar-refractivity contribution is 0.0601. The molecule has 0 fully saturated rings. The van der Waals surface area contributed by atoms with Gasteiger partial charge in [0.1, 0.15) is 17.2 Å². The van der Waals surface area contributed by atoms with E-state index in [1.165, 1.54) is 13.3 Å². The third-order valence-corrected chi connectivity index (χ3v) is 2.49. The fourth-order valence-corrected chi connectivity index (χ4v) is 1.54. The summed E-state index contributed by atoms with van der Waals surface area (Å²) < 4.78 is 4.68. The molecule has 0 bridgehead atoms. The number of nitrogens with one attached hydrogen (secondary N) is 1. The van der Waals surface area contributed by atoms with Crippen LogP contribution in [0, 0.1) is 6.92 Å². The summed E-state index contributed by atoms with van der Waals surface area (Å²) in [6.07, 6.45) is 2.95. The second-order valence-corrected chi connectivity index (χ2v) is 4.08. The van der Waals surface area contributed by atoms with Crippen molar-refractivity contribution < 1.29 is 14.6 Å². The molecule has 1 aromatic heterocycles. The summed E-state index contributed by atoms with van der Waals surface area (Å²) in [4.78, 5) is 19.7. The van der Waals surface area contributed by atoms with Gasteiger partial charge in [0.05, 0.1) is 7.11 Å². The number of aryl methyl sites for hydroxylation is 1. The zero-order chi connectivity index (χ0) is 13.5. The minimum atomic E-state index is -0.466. The van der Waals surface area contributed by atoms with E-state index in [2.05, 4.69) is 20.0 Å². The molecule has 6 nitrogen and oxygen atoms in total. The van der Waals surface area contributed by atoms with Crippen LogP contribution in [-0.2, 0) is 4.74 Å². The number of aromatic nitrogens is 2. The molecule has 0 saturated carbocycles. The Morgan fingerprint density at radius 3 is 2.94 bits per heavy atom. The SMILES string of the molecule is COC(=O)c1cnc(C)nc1NC(C)CCCO. The molecule has 1 rings (SSSR count). The predicted octanol–water partition coefficient (Wildman–Crippen LogP) is 1.14. The Balaban J connectivity index is 2.85. The van der Waals surface area contributed by atoms with E-state index in [1.54, 1.807) is 6.92 Å². The van der Waals surface area contributed by atoms with E-state index in [9.17, 15) is 4.79 Å². The summed E-state index contributed by atoms with van der Waals surface area (Å²) in [5.41, 5.74) is 0.318. The summed E-state index contributed by atoms with van der Waals surface area (Å²) >= 11 is 0. The molecule has 0 radical (unpaired) electrons. The Hall–Kier alpha value is -1.69. The minimum Gasteiger partial charge on any atom is -0.465 e. The fourth-order valence-electron chi connectivity index (χ4n) is 1.54. The topological polar surface area (TPSA) is 84.3 Å². The Labute approximate surface area is 106 Å². The van der Waals surface area contributed by atoms with Crippen LogP contribution in [0.15, 0.2) is 6.20 Å². The first-order valence-electron chi connectivity index (χ1n) is 5.87. The predicted molar refractivity (Wildman–Crippen MR) is 67.5 cm³/mol. The second-order valence-electron chi connectivity index (χ2n) is 4.08. The van der Waals surface area contributed by atoms with Crippen LogP contribution in [0.25, 0.3) is 0 Å². The lowest BCUT2D eigenvalue weighted by Crippen LogP contribution is -2.20. The van der Waals surface area contributed by atoms with Gasteiger partial charge in [0.15, 0.2) is 0 Å². The van der Waals surface area contributed by atoms with E-state index in [4.69, 9.17) is 5.11 Å². The van der Waals surface area contributed by atoms with Crippen molar-refractivity contribution in [3.05, 3.63) is 17.6 Å². The number of anilines is 1. The molecular formula is C12H19N3O3. The van der Waals surface area contributed by atoms with Crippen molar-refractivity contribution in [1.29, 1.82) is 0 Å². The van der Waals surface area contributed by atoms with Crippen molar-refractivity contribution in [2.75, 3.05) is 19.0 Å². The standard InChI is InChI=1S/C12H19N3O3/c1-8(5-4-6-16)14-11-10(12(17)18-3)7-13-9(2)15-11/h7-8,16H,4-6H2,1-3H3,(H,13,14,15). The smallest absolute Gasteiger partial charge is 0.343 e. The van der Waals surface area contributed by atoms with E-state index in [0.29, 0.717) is 23.6 Å². The quantitative estimate of drug-likeness (QED) is 0.740. The molecule has 18 heavy (non-hydrogen) atoms. The molecule has 0 spiro atoms. The number of ether oxygens (including phenoxy) is 1. The number of aliphatic hydroxyl groups excluding tert-OH is 1.